The summed E-state index contributed by atoms with van der Waals surface area (Å²) in [4.78, 5) is 23.0. The number of hydrogen-bond donors (Lipinski definition) is 1. The molecule has 0 aliphatic carbocycles. The smallest absolute Gasteiger partial charge is 0.267 e. The van der Waals surface area contributed by atoms with E-state index in [1.165, 1.54) is 4.57 Å². The number of rotatable bonds is 3. The molecular weight excluding hydrogens is 299 g/mol. The van der Waals surface area contributed by atoms with Gasteiger partial charge in [0.1, 0.15) is 0 Å². The number of hydrogen-bond acceptors (Lipinski definition) is 6. The second kappa shape index (κ2) is 5.25. The van der Waals surface area contributed by atoms with Gasteiger partial charge < -0.3 is 0 Å². The van der Waals surface area contributed by atoms with E-state index in [9.17, 15) is 4.79 Å². The molecule has 18 heavy (non-hydrogen) atoms. The average molecular weight is 307 g/mol. The van der Waals surface area contributed by atoms with Gasteiger partial charge in [0.15, 0.2) is 5.16 Å². The average Bonchev–Trinajstić information content (AvgIpc) is 2.57. The van der Waals surface area contributed by atoms with E-state index >= 15 is 0 Å². The molecule has 2 aromatic rings. The van der Waals surface area contributed by atoms with Gasteiger partial charge in [-0.25, -0.2) is 9.89 Å². The van der Waals surface area contributed by atoms with Gasteiger partial charge in [-0.2, -0.15) is 15.0 Å². The van der Waals surface area contributed by atoms with Crippen LogP contribution in [0.3, 0.4) is 0 Å². The molecule has 0 spiro atoms. The first-order valence-electron chi connectivity index (χ1n) is 4.89. The third-order valence-electron chi connectivity index (χ3n) is 1.93. The predicted octanol–water partition coefficient (Wildman–Crippen LogP) is 1.80. The lowest BCUT2D eigenvalue weighted by molar-refractivity contribution is 0.533. The summed E-state index contributed by atoms with van der Waals surface area (Å²) in [5.74, 6) is 0. The second-order valence-corrected chi connectivity index (χ2v) is 5.14. The number of aromatic nitrogens is 6. The van der Waals surface area contributed by atoms with Gasteiger partial charge in [-0.3, -0.25) is 4.57 Å². The van der Waals surface area contributed by atoms with Crippen molar-refractivity contribution in [3.8, 4) is 0 Å². The second-order valence-electron chi connectivity index (χ2n) is 3.53. The summed E-state index contributed by atoms with van der Waals surface area (Å²) in [7, 11) is 0. The van der Waals surface area contributed by atoms with Crippen molar-refractivity contribution in [3.63, 3.8) is 0 Å². The molecule has 0 aromatic carbocycles. The van der Waals surface area contributed by atoms with Crippen LogP contribution in [0.25, 0.3) is 0 Å². The lowest BCUT2D eigenvalue weighted by Crippen LogP contribution is -2.19. The fourth-order valence-electron chi connectivity index (χ4n) is 1.25. The summed E-state index contributed by atoms with van der Waals surface area (Å²) in [5, 5.41) is 6.96. The van der Waals surface area contributed by atoms with E-state index in [-0.39, 0.29) is 27.5 Å². The molecule has 0 amide bonds. The molecule has 7 nitrogen and oxygen atoms in total. The minimum atomic E-state index is -0.293. The fraction of sp³-hybridized carbons (Fsp3) is 0.375. The quantitative estimate of drug-likeness (QED) is 0.930. The molecule has 0 unspecified atom stereocenters. The number of halogens is 2. The Labute approximate surface area is 116 Å². The van der Waals surface area contributed by atoms with Gasteiger partial charge >= 0.3 is 5.69 Å². The highest BCUT2D eigenvalue weighted by Crippen LogP contribution is 2.24. The summed E-state index contributed by atoms with van der Waals surface area (Å²) in [6.45, 7) is 3.74. The highest BCUT2D eigenvalue weighted by molar-refractivity contribution is 7.99. The van der Waals surface area contributed by atoms with Crippen molar-refractivity contribution >= 4 is 35.0 Å². The molecule has 0 fully saturated rings. The number of H-pyrrole nitrogens is 1. The van der Waals surface area contributed by atoms with Gasteiger partial charge in [0, 0.05) is 6.04 Å². The van der Waals surface area contributed by atoms with Gasteiger partial charge in [-0.15, -0.1) is 5.10 Å². The van der Waals surface area contributed by atoms with Gasteiger partial charge in [0.25, 0.3) is 0 Å². The van der Waals surface area contributed by atoms with Crippen LogP contribution in [-0.2, 0) is 0 Å². The molecule has 96 valence electrons. The van der Waals surface area contributed by atoms with E-state index < -0.39 is 0 Å². The Kier molecular flexibility index (Phi) is 3.88. The lowest BCUT2D eigenvalue weighted by atomic mass is 10.4. The molecule has 2 heterocycles. The van der Waals surface area contributed by atoms with Gasteiger partial charge in [-0.05, 0) is 48.8 Å². The molecule has 10 heteroatoms. The summed E-state index contributed by atoms with van der Waals surface area (Å²) < 4.78 is 1.48. The van der Waals surface area contributed by atoms with Crippen LogP contribution in [0.2, 0.25) is 10.6 Å². The van der Waals surface area contributed by atoms with E-state index in [1.807, 2.05) is 13.8 Å². The van der Waals surface area contributed by atoms with E-state index in [2.05, 4.69) is 25.1 Å². The molecular formula is C8H8Cl2N6OS. The number of aromatic amines is 1. The Morgan fingerprint density at radius 3 is 2.39 bits per heavy atom. The van der Waals surface area contributed by atoms with E-state index in [4.69, 9.17) is 23.2 Å². The normalized spacial score (nSPS) is 11.2. The van der Waals surface area contributed by atoms with Gasteiger partial charge in [0.2, 0.25) is 15.7 Å². The Bertz CT molecular complexity index is 604. The summed E-state index contributed by atoms with van der Waals surface area (Å²) in [6, 6.07) is -0.0356. The first-order chi connectivity index (χ1) is 8.47. The topological polar surface area (TPSA) is 89.3 Å². The Balaban J connectivity index is 2.37. The molecule has 0 bridgehead atoms. The SMILES string of the molecule is CC(C)n1c(Sc2nc(Cl)nc(Cl)n2)n[nH]c1=O. The first kappa shape index (κ1) is 13.3. The fourth-order valence-corrected chi connectivity index (χ4v) is 2.63. The minimum Gasteiger partial charge on any atom is -0.267 e. The largest absolute Gasteiger partial charge is 0.344 e. The van der Waals surface area contributed by atoms with Crippen LogP contribution in [0.1, 0.15) is 19.9 Å². The van der Waals surface area contributed by atoms with Crippen molar-refractivity contribution in [2.45, 2.75) is 30.2 Å². The van der Waals surface area contributed by atoms with Crippen molar-refractivity contribution in [2.24, 2.45) is 0 Å². The Morgan fingerprint density at radius 2 is 1.83 bits per heavy atom. The van der Waals surface area contributed by atoms with Crippen molar-refractivity contribution in [3.05, 3.63) is 21.1 Å². The number of nitrogens with one attached hydrogen (secondary N) is 1. The standard InChI is InChI=1S/C8H8Cl2N6OS/c1-3(2)16-7(17)14-15-8(16)18-6-12-4(9)11-5(10)13-6/h3H,1-2H3,(H,14,17). The van der Waals surface area contributed by atoms with Crippen LogP contribution < -0.4 is 5.69 Å². The number of nitrogens with zero attached hydrogens (tertiary/aromatic N) is 5. The molecule has 2 aromatic heterocycles. The molecule has 0 atom stereocenters. The zero-order chi connectivity index (χ0) is 13.3. The van der Waals surface area contributed by atoms with Crippen LogP contribution in [0.5, 0.6) is 0 Å². The van der Waals surface area contributed by atoms with Crippen molar-refractivity contribution in [1.82, 2.24) is 29.7 Å². The Morgan fingerprint density at radius 1 is 1.22 bits per heavy atom. The molecule has 1 N–H and O–H groups in total. The molecule has 0 aliphatic heterocycles. The van der Waals surface area contributed by atoms with Crippen LogP contribution in [-0.4, -0.2) is 29.7 Å². The van der Waals surface area contributed by atoms with Crippen LogP contribution >= 0.6 is 35.0 Å². The van der Waals surface area contributed by atoms with Crippen molar-refractivity contribution in [2.75, 3.05) is 0 Å². The zero-order valence-electron chi connectivity index (χ0n) is 9.39. The Hall–Kier alpha value is -1.12. The van der Waals surface area contributed by atoms with Crippen LogP contribution in [0.4, 0.5) is 0 Å². The van der Waals surface area contributed by atoms with E-state index in [0.29, 0.717) is 5.16 Å². The molecule has 0 aliphatic rings. The molecule has 2 rings (SSSR count). The molecule has 0 saturated carbocycles. The van der Waals surface area contributed by atoms with E-state index in [0.717, 1.165) is 11.8 Å². The summed E-state index contributed by atoms with van der Waals surface area (Å²) in [6.07, 6.45) is 0. The maximum Gasteiger partial charge on any atom is 0.344 e. The monoisotopic (exact) mass is 306 g/mol. The summed E-state index contributed by atoms with van der Waals surface area (Å²) >= 11 is 12.4. The zero-order valence-corrected chi connectivity index (χ0v) is 11.7. The maximum absolute atomic E-state index is 11.5. The van der Waals surface area contributed by atoms with E-state index in [1.54, 1.807) is 0 Å². The van der Waals surface area contributed by atoms with Crippen molar-refractivity contribution < 1.29 is 0 Å². The lowest BCUT2D eigenvalue weighted by Gasteiger charge is -2.07. The highest BCUT2D eigenvalue weighted by Gasteiger charge is 2.15. The van der Waals surface area contributed by atoms with Crippen molar-refractivity contribution in [1.29, 1.82) is 0 Å². The molecule has 0 radical (unpaired) electrons. The van der Waals surface area contributed by atoms with Gasteiger partial charge in [-0.1, -0.05) is 0 Å². The highest BCUT2D eigenvalue weighted by atomic mass is 35.5. The first-order valence-corrected chi connectivity index (χ1v) is 6.46. The third-order valence-corrected chi connectivity index (χ3v) is 3.11. The molecule has 0 saturated heterocycles. The third kappa shape index (κ3) is 2.82. The maximum atomic E-state index is 11.5. The predicted molar refractivity (Wildman–Crippen MR) is 67.2 cm³/mol. The van der Waals surface area contributed by atoms with Gasteiger partial charge in [0.05, 0.1) is 0 Å². The minimum absolute atomic E-state index is 0.00789. The van der Waals surface area contributed by atoms with Crippen LogP contribution in [0.15, 0.2) is 15.1 Å². The van der Waals surface area contributed by atoms with Crippen LogP contribution in [0, 0.1) is 0 Å². The summed E-state index contributed by atoms with van der Waals surface area (Å²) in [5.41, 5.74) is -0.293.